The largest absolute Gasteiger partial charge is 0.357 e. The lowest BCUT2D eigenvalue weighted by Crippen LogP contribution is -2.47. The number of nitrogens with zero attached hydrogens (tertiary/aromatic N) is 1. The second kappa shape index (κ2) is 9.26. The molecule has 1 N–H and O–H groups in total. The van der Waals surface area contributed by atoms with Crippen molar-refractivity contribution in [3.05, 3.63) is 68.7 Å². The van der Waals surface area contributed by atoms with E-state index in [9.17, 15) is 9.59 Å². The van der Waals surface area contributed by atoms with Gasteiger partial charge >= 0.3 is 0 Å². The van der Waals surface area contributed by atoms with Crippen LogP contribution in [0.25, 0.3) is 0 Å². The second-order valence-electron chi connectivity index (χ2n) is 5.82. The van der Waals surface area contributed by atoms with E-state index in [1.807, 2.05) is 6.07 Å². The molecule has 0 unspecified atom stereocenters. The predicted molar refractivity (Wildman–Crippen MR) is 106 cm³/mol. The van der Waals surface area contributed by atoms with Gasteiger partial charge in [0.1, 0.15) is 6.04 Å². The molecule has 0 spiro atoms. The minimum Gasteiger partial charge on any atom is -0.357 e. The summed E-state index contributed by atoms with van der Waals surface area (Å²) in [7, 11) is 1.53. The third-order valence-electron chi connectivity index (χ3n) is 4.05. The van der Waals surface area contributed by atoms with Gasteiger partial charge in [0, 0.05) is 28.7 Å². The number of carbonyl (C=O) groups is 2. The van der Waals surface area contributed by atoms with Gasteiger partial charge in [-0.2, -0.15) is 0 Å². The van der Waals surface area contributed by atoms with Crippen molar-refractivity contribution in [2.24, 2.45) is 0 Å². The van der Waals surface area contributed by atoms with Crippen LogP contribution in [0.1, 0.15) is 18.1 Å². The molecule has 2 amide bonds. The van der Waals surface area contributed by atoms with Crippen LogP contribution in [0.3, 0.4) is 0 Å². The molecule has 1 atom stereocenters. The number of nitrogens with one attached hydrogen (secondary N) is 1. The van der Waals surface area contributed by atoms with Crippen LogP contribution < -0.4 is 5.32 Å². The summed E-state index contributed by atoms with van der Waals surface area (Å²) in [5.74, 6) is -0.512. The van der Waals surface area contributed by atoms with Crippen LogP contribution in [-0.2, 0) is 22.6 Å². The summed E-state index contributed by atoms with van der Waals surface area (Å²) in [5.41, 5.74) is 1.37. The molecule has 0 radical (unpaired) electrons. The number of hydrogen-bond donors (Lipinski definition) is 1. The van der Waals surface area contributed by atoms with E-state index in [1.54, 1.807) is 43.3 Å². The molecular weight excluding hydrogens is 395 g/mol. The Kier molecular flexibility index (Phi) is 7.33. The normalized spacial score (nSPS) is 11.7. The van der Waals surface area contributed by atoms with Crippen molar-refractivity contribution in [1.82, 2.24) is 10.2 Å². The van der Waals surface area contributed by atoms with Gasteiger partial charge in [0.25, 0.3) is 0 Å². The summed E-state index contributed by atoms with van der Waals surface area (Å²) in [5, 5.41) is 3.97. The van der Waals surface area contributed by atoms with Crippen molar-refractivity contribution in [1.29, 1.82) is 0 Å². The molecule has 0 aromatic heterocycles. The average molecular weight is 414 g/mol. The zero-order chi connectivity index (χ0) is 19.3. The molecule has 7 heteroatoms. The summed E-state index contributed by atoms with van der Waals surface area (Å²) in [6.07, 6.45) is 0.000403. The standard InChI is InChI=1S/C19H19Cl3N2O2/c1-12(19(26)23-2)24(11-13-5-3-6-14(20)9-13)18(25)10-15-16(21)7-4-8-17(15)22/h3-9,12H,10-11H2,1-2H3,(H,23,26)/t12-/m1/s1. The van der Waals surface area contributed by atoms with Crippen LogP contribution in [0, 0.1) is 0 Å². The molecule has 4 nitrogen and oxygen atoms in total. The van der Waals surface area contributed by atoms with Crippen molar-refractivity contribution in [3.63, 3.8) is 0 Å². The van der Waals surface area contributed by atoms with Gasteiger partial charge < -0.3 is 10.2 Å². The van der Waals surface area contributed by atoms with Gasteiger partial charge in [-0.25, -0.2) is 0 Å². The molecule has 138 valence electrons. The molecule has 0 saturated carbocycles. The van der Waals surface area contributed by atoms with E-state index < -0.39 is 6.04 Å². The van der Waals surface area contributed by atoms with E-state index >= 15 is 0 Å². The van der Waals surface area contributed by atoms with Gasteiger partial charge in [0.15, 0.2) is 0 Å². The van der Waals surface area contributed by atoms with Gasteiger partial charge in [0.2, 0.25) is 11.8 Å². The predicted octanol–water partition coefficient (Wildman–Crippen LogP) is 4.35. The number of hydrogen-bond acceptors (Lipinski definition) is 2. The average Bonchev–Trinajstić information content (AvgIpc) is 2.61. The molecule has 0 bridgehead atoms. The highest BCUT2D eigenvalue weighted by molar-refractivity contribution is 6.36. The van der Waals surface area contributed by atoms with Gasteiger partial charge in [-0.1, -0.05) is 53.0 Å². The number of amides is 2. The number of benzene rings is 2. The molecule has 0 aliphatic heterocycles. The smallest absolute Gasteiger partial charge is 0.242 e. The SMILES string of the molecule is CNC(=O)[C@@H](C)N(Cc1cccc(Cl)c1)C(=O)Cc1c(Cl)cccc1Cl. The number of carbonyl (C=O) groups excluding carboxylic acids is 2. The van der Waals surface area contributed by atoms with E-state index in [-0.39, 0.29) is 24.8 Å². The highest BCUT2D eigenvalue weighted by Gasteiger charge is 2.26. The number of rotatable bonds is 6. The minimum absolute atomic E-state index is 0.000403. The van der Waals surface area contributed by atoms with Crippen molar-refractivity contribution >= 4 is 46.6 Å². The van der Waals surface area contributed by atoms with Crippen LogP contribution in [0.4, 0.5) is 0 Å². The Balaban J connectivity index is 2.30. The maximum absolute atomic E-state index is 13.0. The summed E-state index contributed by atoms with van der Waals surface area (Å²) >= 11 is 18.4. The fourth-order valence-electron chi connectivity index (χ4n) is 2.58. The van der Waals surface area contributed by atoms with Crippen molar-refractivity contribution in [2.75, 3.05) is 7.05 Å². The molecule has 0 saturated heterocycles. The van der Waals surface area contributed by atoms with E-state index in [2.05, 4.69) is 5.32 Å². The lowest BCUT2D eigenvalue weighted by atomic mass is 10.1. The Labute approximate surface area is 168 Å². The Hall–Kier alpha value is -1.75. The third kappa shape index (κ3) is 5.13. The lowest BCUT2D eigenvalue weighted by molar-refractivity contribution is -0.139. The Morgan fingerprint density at radius 1 is 1.08 bits per heavy atom. The van der Waals surface area contributed by atoms with Crippen LogP contribution in [0.15, 0.2) is 42.5 Å². The molecular formula is C19H19Cl3N2O2. The topological polar surface area (TPSA) is 49.4 Å². The third-order valence-corrected chi connectivity index (χ3v) is 4.99. The van der Waals surface area contributed by atoms with Crippen LogP contribution in [-0.4, -0.2) is 29.8 Å². The molecule has 2 rings (SSSR count). The molecule has 0 heterocycles. The highest BCUT2D eigenvalue weighted by atomic mass is 35.5. The first-order valence-electron chi connectivity index (χ1n) is 8.02. The zero-order valence-corrected chi connectivity index (χ0v) is 16.7. The Morgan fingerprint density at radius 2 is 1.69 bits per heavy atom. The summed E-state index contributed by atoms with van der Waals surface area (Å²) in [6.45, 7) is 1.92. The molecule has 2 aromatic rings. The maximum atomic E-state index is 13.0. The number of likely N-dealkylation sites (N-methyl/N-ethyl adjacent to an activating group) is 1. The fourth-order valence-corrected chi connectivity index (χ4v) is 3.32. The summed E-state index contributed by atoms with van der Waals surface area (Å²) in [6, 6.07) is 11.6. The number of halogens is 3. The minimum atomic E-state index is -0.659. The summed E-state index contributed by atoms with van der Waals surface area (Å²) < 4.78 is 0. The molecule has 0 aliphatic carbocycles. The van der Waals surface area contributed by atoms with Crippen molar-refractivity contribution in [2.45, 2.75) is 25.9 Å². The lowest BCUT2D eigenvalue weighted by Gasteiger charge is -2.28. The van der Waals surface area contributed by atoms with Gasteiger partial charge in [-0.05, 0) is 42.3 Å². The Morgan fingerprint density at radius 3 is 2.27 bits per heavy atom. The van der Waals surface area contributed by atoms with Crippen LogP contribution >= 0.6 is 34.8 Å². The van der Waals surface area contributed by atoms with E-state index in [1.165, 1.54) is 11.9 Å². The van der Waals surface area contributed by atoms with E-state index in [0.717, 1.165) is 5.56 Å². The molecule has 26 heavy (non-hydrogen) atoms. The fraction of sp³-hybridized carbons (Fsp3) is 0.263. The van der Waals surface area contributed by atoms with Gasteiger partial charge in [-0.15, -0.1) is 0 Å². The van der Waals surface area contributed by atoms with Gasteiger partial charge in [-0.3, -0.25) is 9.59 Å². The first kappa shape index (κ1) is 20.6. The molecule has 0 aliphatic rings. The first-order chi connectivity index (χ1) is 12.3. The quantitative estimate of drug-likeness (QED) is 0.765. The Bertz CT molecular complexity index is 791. The first-order valence-corrected chi connectivity index (χ1v) is 9.15. The van der Waals surface area contributed by atoms with E-state index in [4.69, 9.17) is 34.8 Å². The summed E-state index contributed by atoms with van der Waals surface area (Å²) in [4.78, 5) is 26.6. The molecule has 0 fully saturated rings. The second-order valence-corrected chi connectivity index (χ2v) is 7.07. The molecule has 2 aromatic carbocycles. The van der Waals surface area contributed by atoms with E-state index in [0.29, 0.717) is 20.6 Å². The van der Waals surface area contributed by atoms with Crippen molar-refractivity contribution < 1.29 is 9.59 Å². The van der Waals surface area contributed by atoms with Gasteiger partial charge in [0.05, 0.1) is 6.42 Å². The monoisotopic (exact) mass is 412 g/mol. The maximum Gasteiger partial charge on any atom is 0.242 e. The van der Waals surface area contributed by atoms with Crippen LogP contribution in [0.2, 0.25) is 15.1 Å². The zero-order valence-electron chi connectivity index (χ0n) is 14.4. The highest BCUT2D eigenvalue weighted by Crippen LogP contribution is 2.26. The van der Waals surface area contributed by atoms with Crippen LogP contribution in [0.5, 0.6) is 0 Å². The van der Waals surface area contributed by atoms with Crippen molar-refractivity contribution in [3.8, 4) is 0 Å².